The summed E-state index contributed by atoms with van der Waals surface area (Å²) in [6.45, 7) is 0. The molecule has 2 atom stereocenters. The van der Waals surface area contributed by atoms with Crippen molar-refractivity contribution in [3.63, 3.8) is 0 Å². The van der Waals surface area contributed by atoms with Gasteiger partial charge in [-0.25, -0.2) is 9.78 Å². The zero-order valence-corrected chi connectivity index (χ0v) is 12.6. The highest BCUT2D eigenvalue weighted by molar-refractivity contribution is 6.00. The second-order valence-corrected chi connectivity index (χ2v) is 6.13. The summed E-state index contributed by atoms with van der Waals surface area (Å²) in [6, 6.07) is 4.17. The van der Waals surface area contributed by atoms with Gasteiger partial charge in [0.05, 0.1) is 23.3 Å². The molecular formula is C17H17N5O. The van der Waals surface area contributed by atoms with Crippen LogP contribution in [0.5, 0.6) is 0 Å². The van der Waals surface area contributed by atoms with Crippen molar-refractivity contribution in [2.75, 3.05) is 0 Å². The lowest BCUT2D eigenvalue weighted by Gasteiger charge is -2.28. The summed E-state index contributed by atoms with van der Waals surface area (Å²) in [5.41, 5.74) is 2.42. The fraction of sp³-hybridized carbons (Fsp3) is 0.353. The lowest BCUT2D eigenvalue weighted by Crippen LogP contribution is -2.26. The largest absolute Gasteiger partial charge is 0.346 e. The van der Waals surface area contributed by atoms with Crippen LogP contribution < -0.4 is 5.69 Å². The number of imidazole rings is 1. The van der Waals surface area contributed by atoms with E-state index in [1.165, 1.54) is 0 Å². The molecule has 0 saturated heterocycles. The Morgan fingerprint density at radius 2 is 2.35 bits per heavy atom. The van der Waals surface area contributed by atoms with Crippen LogP contribution in [0.4, 0.5) is 0 Å². The quantitative estimate of drug-likeness (QED) is 0.713. The Kier molecular flexibility index (Phi) is 3.27. The first-order valence-corrected chi connectivity index (χ1v) is 7.90. The van der Waals surface area contributed by atoms with Crippen molar-refractivity contribution in [1.29, 1.82) is 5.26 Å². The molecule has 0 aliphatic heterocycles. The van der Waals surface area contributed by atoms with E-state index >= 15 is 0 Å². The minimum absolute atomic E-state index is 0.0783. The Bertz CT molecular complexity index is 984. The van der Waals surface area contributed by atoms with E-state index in [9.17, 15) is 4.79 Å². The molecule has 0 aromatic carbocycles. The zero-order valence-electron chi connectivity index (χ0n) is 12.6. The molecule has 1 aliphatic carbocycles. The molecule has 1 fully saturated rings. The third-order valence-corrected chi connectivity index (χ3v) is 4.75. The van der Waals surface area contributed by atoms with E-state index in [0.717, 1.165) is 47.8 Å². The number of aromatic amines is 2. The van der Waals surface area contributed by atoms with E-state index in [1.54, 1.807) is 12.3 Å². The van der Waals surface area contributed by atoms with E-state index in [2.05, 4.69) is 21.0 Å². The summed E-state index contributed by atoms with van der Waals surface area (Å²) in [6.07, 6.45) is 11.1. The number of hydrogen-bond acceptors (Lipinski definition) is 3. The fourth-order valence-corrected chi connectivity index (χ4v) is 3.76. The average Bonchev–Trinajstić information content (AvgIpc) is 3.16. The maximum atomic E-state index is 12.5. The van der Waals surface area contributed by atoms with Gasteiger partial charge in [0.25, 0.3) is 0 Å². The summed E-state index contributed by atoms with van der Waals surface area (Å²) in [4.78, 5) is 22.9. The summed E-state index contributed by atoms with van der Waals surface area (Å²) in [5.74, 6) is 0.355. The molecule has 1 saturated carbocycles. The highest BCUT2D eigenvalue weighted by atomic mass is 16.1. The number of aromatic nitrogens is 4. The molecule has 116 valence electrons. The lowest BCUT2D eigenvalue weighted by molar-refractivity contribution is 0.304. The van der Waals surface area contributed by atoms with Crippen molar-refractivity contribution in [2.24, 2.45) is 5.92 Å². The fourth-order valence-electron chi connectivity index (χ4n) is 3.76. The minimum Gasteiger partial charge on any atom is -0.346 e. The highest BCUT2D eigenvalue weighted by Crippen LogP contribution is 2.35. The van der Waals surface area contributed by atoms with Gasteiger partial charge in [-0.15, -0.1) is 0 Å². The van der Waals surface area contributed by atoms with Gasteiger partial charge in [-0.05, 0) is 31.2 Å². The number of nitrogens with one attached hydrogen (secondary N) is 2. The first-order valence-electron chi connectivity index (χ1n) is 7.90. The molecule has 23 heavy (non-hydrogen) atoms. The zero-order chi connectivity index (χ0) is 15.8. The van der Waals surface area contributed by atoms with E-state index < -0.39 is 0 Å². The SMILES string of the molecule is N#C/C=C/[C@@H]1CCC[C@@H](n2c(=O)[nH]c3cnc4[nH]ccc4c32)C1. The summed E-state index contributed by atoms with van der Waals surface area (Å²) >= 11 is 0. The van der Waals surface area contributed by atoms with Crippen LogP contribution >= 0.6 is 0 Å². The first kappa shape index (κ1) is 13.8. The second kappa shape index (κ2) is 5.43. The lowest BCUT2D eigenvalue weighted by atomic mass is 9.85. The number of H-pyrrole nitrogens is 2. The molecular weight excluding hydrogens is 290 g/mol. The summed E-state index contributed by atoms with van der Waals surface area (Å²) in [7, 11) is 0. The van der Waals surface area contributed by atoms with Gasteiger partial charge >= 0.3 is 5.69 Å². The number of rotatable bonds is 2. The highest BCUT2D eigenvalue weighted by Gasteiger charge is 2.25. The van der Waals surface area contributed by atoms with Crippen molar-refractivity contribution in [2.45, 2.75) is 31.7 Å². The Balaban J connectivity index is 1.83. The maximum Gasteiger partial charge on any atom is 0.326 e. The van der Waals surface area contributed by atoms with E-state index in [1.807, 2.05) is 22.9 Å². The van der Waals surface area contributed by atoms with Gasteiger partial charge in [-0.3, -0.25) is 4.57 Å². The van der Waals surface area contributed by atoms with Crippen LogP contribution in [-0.2, 0) is 0 Å². The monoisotopic (exact) mass is 307 g/mol. The van der Waals surface area contributed by atoms with Crippen molar-refractivity contribution >= 4 is 22.1 Å². The second-order valence-electron chi connectivity index (χ2n) is 6.13. The van der Waals surface area contributed by atoms with Gasteiger partial charge < -0.3 is 9.97 Å². The molecule has 3 aromatic rings. The van der Waals surface area contributed by atoms with Gasteiger partial charge in [0.2, 0.25) is 0 Å². The normalized spacial score (nSPS) is 22.0. The molecule has 1 aliphatic rings. The van der Waals surface area contributed by atoms with Crippen LogP contribution in [-0.4, -0.2) is 19.5 Å². The Hall–Kier alpha value is -2.81. The molecule has 3 aromatic heterocycles. The van der Waals surface area contributed by atoms with Gasteiger partial charge in [0, 0.05) is 23.7 Å². The Morgan fingerprint density at radius 1 is 1.43 bits per heavy atom. The standard InChI is InChI=1S/C17H17N5O/c18-7-2-4-11-3-1-5-12(9-11)22-15-13-6-8-19-16(13)20-10-14(15)21-17(22)23/h2,4,6,8,10-12H,1,3,5,9H2,(H,19,20)(H,21,23)/b4-2+/t11-,12+/m0/s1. The number of pyridine rings is 1. The van der Waals surface area contributed by atoms with Crippen LogP contribution in [0.25, 0.3) is 22.1 Å². The minimum atomic E-state index is -0.0783. The number of hydrogen-bond donors (Lipinski definition) is 2. The van der Waals surface area contributed by atoms with Crippen LogP contribution in [0, 0.1) is 17.2 Å². The van der Waals surface area contributed by atoms with E-state index in [4.69, 9.17) is 5.26 Å². The van der Waals surface area contributed by atoms with Gasteiger partial charge in [0.15, 0.2) is 0 Å². The molecule has 0 radical (unpaired) electrons. The molecule has 0 amide bonds. The smallest absolute Gasteiger partial charge is 0.326 e. The third-order valence-electron chi connectivity index (χ3n) is 4.75. The number of nitriles is 1. The van der Waals surface area contributed by atoms with E-state index in [0.29, 0.717) is 5.92 Å². The van der Waals surface area contributed by atoms with Crippen molar-refractivity contribution in [1.82, 2.24) is 19.5 Å². The first-order chi connectivity index (χ1) is 11.3. The Labute approximate surface area is 132 Å². The number of nitrogens with zero attached hydrogens (tertiary/aromatic N) is 3. The topological polar surface area (TPSA) is 90.3 Å². The number of allylic oxidation sites excluding steroid dienone is 2. The summed E-state index contributed by atoms with van der Waals surface area (Å²) < 4.78 is 1.89. The molecule has 0 spiro atoms. The van der Waals surface area contributed by atoms with Crippen LogP contribution in [0.3, 0.4) is 0 Å². The predicted molar refractivity (Wildman–Crippen MR) is 88.0 cm³/mol. The van der Waals surface area contributed by atoms with E-state index in [-0.39, 0.29) is 11.7 Å². The third kappa shape index (κ3) is 2.25. The molecule has 3 heterocycles. The molecule has 4 rings (SSSR count). The number of fused-ring (bicyclic) bond motifs is 3. The van der Waals surface area contributed by atoms with Crippen molar-refractivity contribution in [3.8, 4) is 6.07 Å². The molecule has 6 heteroatoms. The predicted octanol–water partition coefficient (Wildman–Crippen LogP) is 3.02. The average molecular weight is 307 g/mol. The van der Waals surface area contributed by atoms with Crippen LogP contribution in [0.15, 0.2) is 35.4 Å². The van der Waals surface area contributed by atoms with Crippen molar-refractivity contribution in [3.05, 3.63) is 41.1 Å². The Morgan fingerprint density at radius 3 is 3.22 bits per heavy atom. The maximum absolute atomic E-state index is 12.5. The molecule has 6 nitrogen and oxygen atoms in total. The van der Waals surface area contributed by atoms with Gasteiger partial charge in [0.1, 0.15) is 5.65 Å². The van der Waals surface area contributed by atoms with Crippen LogP contribution in [0.2, 0.25) is 0 Å². The molecule has 0 bridgehead atoms. The van der Waals surface area contributed by atoms with Crippen LogP contribution in [0.1, 0.15) is 31.7 Å². The molecule has 2 N–H and O–H groups in total. The van der Waals surface area contributed by atoms with Gasteiger partial charge in [-0.2, -0.15) is 5.26 Å². The summed E-state index contributed by atoms with van der Waals surface area (Å²) in [5, 5.41) is 9.69. The van der Waals surface area contributed by atoms with Gasteiger partial charge in [-0.1, -0.05) is 12.5 Å². The van der Waals surface area contributed by atoms with Crippen molar-refractivity contribution < 1.29 is 0 Å². The molecule has 0 unspecified atom stereocenters.